The van der Waals surface area contributed by atoms with Gasteiger partial charge in [0.25, 0.3) is 0 Å². The Morgan fingerprint density at radius 1 is 1.16 bits per heavy atom. The van der Waals surface area contributed by atoms with Crippen LogP contribution in [0.4, 0.5) is 32.6 Å². The van der Waals surface area contributed by atoms with E-state index in [0.29, 0.717) is 31.8 Å². The van der Waals surface area contributed by atoms with Crippen LogP contribution in [0.5, 0.6) is 0 Å². The first-order valence-electron chi connectivity index (χ1n) is 11.5. The Morgan fingerprint density at radius 2 is 1.89 bits per heavy atom. The molecule has 200 valence electrons. The molecule has 13 heteroatoms. The van der Waals surface area contributed by atoms with E-state index in [9.17, 15) is 32.0 Å². The first-order valence-corrected chi connectivity index (χ1v) is 11.5. The van der Waals surface area contributed by atoms with Gasteiger partial charge in [-0.25, -0.2) is 18.3 Å². The monoisotopic (exact) mass is 534 g/mol. The number of aromatic nitrogens is 2. The van der Waals surface area contributed by atoms with E-state index in [4.69, 9.17) is 4.74 Å². The minimum atomic E-state index is -4.94. The molecule has 0 aliphatic carbocycles. The van der Waals surface area contributed by atoms with Crippen LogP contribution in [0.1, 0.15) is 22.7 Å². The zero-order valence-corrected chi connectivity index (χ0v) is 20.1. The highest BCUT2D eigenvalue weighted by Gasteiger charge is 2.41. The average molecular weight is 534 g/mol. The number of nitriles is 1. The first kappa shape index (κ1) is 27.0. The summed E-state index contributed by atoms with van der Waals surface area (Å²) < 4.78 is 74.3. The van der Waals surface area contributed by atoms with Crippen LogP contribution >= 0.6 is 0 Å². The molecule has 3 aromatic rings. The van der Waals surface area contributed by atoms with E-state index in [0.717, 1.165) is 16.8 Å². The summed E-state index contributed by atoms with van der Waals surface area (Å²) in [7, 11) is 1.53. The van der Waals surface area contributed by atoms with Crippen molar-refractivity contribution in [3.63, 3.8) is 0 Å². The number of hydrogen-bond acceptors (Lipinski definition) is 5. The molecule has 4 rings (SSSR count). The van der Waals surface area contributed by atoms with Gasteiger partial charge >= 0.3 is 12.2 Å². The second-order valence-corrected chi connectivity index (χ2v) is 8.67. The Kier molecular flexibility index (Phi) is 7.94. The molecule has 38 heavy (non-hydrogen) atoms. The number of carbonyl (C=O) groups excluding carboxylic acids is 1. The van der Waals surface area contributed by atoms with Gasteiger partial charge in [-0.05, 0) is 29.8 Å². The van der Waals surface area contributed by atoms with E-state index < -0.39 is 52.9 Å². The largest absolute Gasteiger partial charge is 0.436 e. The third-order valence-electron chi connectivity index (χ3n) is 6.19. The number of nitrogens with one attached hydrogen (secondary N) is 2. The van der Waals surface area contributed by atoms with Crippen molar-refractivity contribution in [3.05, 3.63) is 77.0 Å². The summed E-state index contributed by atoms with van der Waals surface area (Å²) in [6.45, 7) is 1.61. The minimum Gasteiger partial charge on any atom is -0.383 e. The Balaban J connectivity index is 1.63. The molecule has 2 atom stereocenters. The molecule has 1 aliphatic heterocycles. The van der Waals surface area contributed by atoms with Gasteiger partial charge in [-0.3, -0.25) is 10.2 Å². The molecule has 1 aliphatic rings. The summed E-state index contributed by atoms with van der Waals surface area (Å²) in [6.07, 6.45) is -4.94. The molecule has 1 saturated heterocycles. The fourth-order valence-electron chi connectivity index (χ4n) is 4.42. The normalized spacial score (nSPS) is 17.8. The zero-order valence-electron chi connectivity index (χ0n) is 20.1. The summed E-state index contributed by atoms with van der Waals surface area (Å²) in [5, 5.41) is 18.1. The fourth-order valence-corrected chi connectivity index (χ4v) is 4.42. The van der Waals surface area contributed by atoms with Gasteiger partial charge in [0.05, 0.1) is 18.3 Å². The molecule has 1 aromatic heterocycles. The first-order chi connectivity index (χ1) is 18.1. The number of amides is 2. The Bertz CT molecular complexity index is 1340. The number of nitrogens with zero attached hydrogens (tertiary/aromatic N) is 4. The maximum atomic E-state index is 14.0. The topological polar surface area (TPSA) is 95.2 Å². The number of hydrogen-bond donors (Lipinski definition) is 2. The van der Waals surface area contributed by atoms with Crippen LogP contribution in [-0.4, -0.2) is 60.1 Å². The smallest absolute Gasteiger partial charge is 0.383 e. The molecule has 2 amide bonds. The predicted molar refractivity (Wildman–Crippen MR) is 127 cm³/mol. The number of ether oxygens (including phenoxy) is 1. The Hall–Kier alpha value is -4.02. The van der Waals surface area contributed by atoms with Gasteiger partial charge < -0.3 is 10.1 Å². The average Bonchev–Trinajstić information content (AvgIpc) is 3.46. The number of urea groups is 1. The molecule has 0 radical (unpaired) electrons. The second-order valence-electron chi connectivity index (χ2n) is 8.67. The molecule has 2 N–H and O–H groups in total. The van der Waals surface area contributed by atoms with Crippen molar-refractivity contribution in [1.29, 1.82) is 5.26 Å². The minimum absolute atomic E-state index is 0.195. The van der Waals surface area contributed by atoms with Crippen LogP contribution in [0.25, 0.3) is 5.69 Å². The van der Waals surface area contributed by atoms with E-state index in [1.807, 2.05) is 4.90 Å². The van der Waals surface area contributed by atoms with E-state index >= 15 is 0 Å². The van der Waals surface area contributed by atoms with Crippen molar-refractivity contribution in [3.8, 4) is 11.8 Å². The predicted octanol–water partition coefficient (Wildman–Crippen LogP) is 4.28. The van der Waals surface area contributed by atoms with Crippen molar-refractivity contribution in [2.75, 3.05) is 38.7 Å². The van der Waals surface area contributed by atoms with Gasteiger partial charge in [-0.15, -0.1) is 0 Å². The number of para-hydroxylation sites is 1. The molecule has 2 heterocycles. The standard InChI is InChI=1S/C25H23F5N6O2/c1-38-10-9-35-13-18(15-7-8-19(26)20(27)11-15)21(14-35)32-24(37)33-23-17(12-31)22(25(28,29)30)34-36(23)16-5-3-2-4-6-16/h2-8,11,18,21H,9-10,13-14H2,1H3,(H2,32,33,37). The molecule has 0 saturated carbocycles. The number of halogens is 5. The second kappa shape index (κ2) is 11.2. The third-order valence-corrected chi connectivity index (χ3v) is 6.19. The number of anilines is 1. The van der Waals surface area contributed by atoms with Crippen LogP contribution < -0.4 is 10.6 Å². The lowest BCUT2D eigenvalue weighted by atomic mass is 9.94. The molecule has 2 aromatic carbocycles. The number of alkyl halides is 3. The lowest BCUT2D eigenvalue weighted by molar-refractivity contribution is -0.141. The van der Waals surface area contributed by atoms with E-state index in [1.54, 1.807) is 18.2 Å². The molecular formula is C25H23F5N6O2. The summed E-state index contributed by atoms with van der Waals surface area (Å²) in [6, 6.07) is 11.2. The summed E-state index contributed by atoms with van der Waals surface area (Å²) in [4.78, 5) is 15.0. The van der Waals surface area contributed by atoms with Crippen LogP contribution in [0.2, 0.25) is 0 Å². The molecule has 8 nitrogen and oxygen atoms in total. The van der Waals surface area contributed by atoms with Crippen molar-refractivity contribution in [1.82, 2.24) is 20.0 Å². The van der Waals surface area contributed by atoms with Crippen LogP contribution in [-0.2, 0) is 10.9 Å². The highest BCUT2D eigenvalue weighted by atomic mass is 19.4. The lowest BCUT2D eigenvalue weighted by Gasteiger charge is -2.21. The van der Waals surface area contributed by atoms with Crippen molar-refractivity contribution in [2.24, 2.45) is 0 Å². The highest BCUT2D eigenvalue weighted by molar-refractivity contribution is 5.90. The highest BCUT2D eigenvalue weighted by Crippen LogP contribution is 2.35. The lowest BCUT2D eigenvalue weighted by Crippen LogP contribution is -2.42. The van der Waals surface area contributed by atoms with Gasteiger partial charge in [0.2, 0.25) is 0 Å². The number of methoxy groups -OCH3 is 1. The van der Waals surface area contributed by atoms with Gasteiger partial charge in [-0.1, -0.05) is 24.3 Å². The van der Waals surface area contributed by atoms with Gasteiger partial charge in [0.1, 0.15) is 11.6 Å². The van der Waals surface area contributed by atoms with Crippen LogP contribution in [0.3, 0.4) is 0 Å². The van der Waals surface area contributed by atoms with E-state index in [1.165, 1.54) is 31.4 Å². The molecule has 0 bridgehead atoms. The van der Waals surface area contributed by atoms with Gasteiger partial charge in [0, 0.05) is 32.7 Å². The molecule has 1 fully saturated rings. The van der Waals surface area contributed by atoms with Gasteiger partial charge in [-0.2, -0.15) is 23.5 Å². The van der Waals surface area contributed by atoms with Crippen molar-refractivity contribution >= 4 is 11.8 Å². The quantitative estimate of drug-likeness (QED) is 0.442. The molecule has 2 unspecified atom stereocenters. The summed E-state index contributed by atoms with van der Waals surface area (Å²) >= 11 is 0. The number of rotatable bonds is 7. The Morgan fingerprint density at radius 3 is 2.53 bits per heavy atom. The maximum absolute atomic E-state index is 14.0. The van der Waals surface area contributed by atoms with Gasteiger partial charge in [0.15, 0.2) is 23.1 Å². The molecule has 0 spiro atoms. The van der Waals surface area contributed by atoms with Crippen molar-refractivity contribution in [2.45, 2.75) is 18.1 Å². The summed E-state index contributed by atoms with van der Waals surface area (Å²) in [5.41, 5.74) is -1.64. The third kappa shape index (κ3) is 5.76. The number of benzene rings is 2. The fraction of sp³-hybridized carbons (Fsp3) is 0.320. The summed E-state index contributed by atoms with van der Waals surface area (Å²) in [5.74, 6) is -2.95. The van der Waals surface area contributed by atoms with E-state index in [-0.39, 0.29) is 5.69 Å². The van der Waals surface area contributed by atoms with Crippen LogP contribution in [0, 0.1) is 23.0 Å². The SMILES string of the molecule is COCCN1CC(NC(=O)Nc2c(C#N)c(C(F)(F)F)nn2-c2ccccc2)C(c2ccc(F)c(F)c2)C1. The Labute approximate surface area is 214 Å². The van der Waals surface area contributed by atoms with E-state index in [2.05, 4.69) is 15.7 Å². The number of likely N-dealkylation sites (tertiary alicyclic amines) is 1. The van der Waals surface area contributed by atoms with Crippen molar-refractivity contribution < 1.29 is 31.5 Å². The maximum Gasteiger partial charge on any atom is 0.436 e. The zero-order chi connectivity index (χ0) is 27.4. The molecular weight excluding hydrogens is 511 g/mol. The van der Waals surface area contributed by atoms with Crippen LogP contribution in [0.15, 0.2) is 48.5 Å². The number of carbonyl (C=O) groups is 1.